The zero-order valence-electron chi connectivity index (χ0n) is 19.7. The molecule has 0 saturated carbocycles. The number of nitrogens with zero attached hydrogens (tertiary/aromatic N) is 1. The number of rotatable bonds is 12. The van der Waals surface area contributed by atoms with E-state index in [0.717, 1.165) is 51.9 Å². The van der Waals surface area contributed by atoms with Gasteiger partial charge in [0.1, 0.15) is 0 Å². The van der Waals surface area contributed by atoms with Gasteiger partial charge in [-0.15, -0.1) is 0 Å². The minimum Gasteiger partial charge on any atom is -1.00 e. The summed E-state index contributed by atoms with van der Waals surface area (Å²) in [6.07, 6.45) is 4.30. The van der Waals surface area contributed by atoms with Gasteiger partial charge in [-0.25, -0.2) is 0 Å². The second-order valence-electron chi connectivity index (χ2n) is 7.47. The van der Waals surface area contributed by atoms with Crippen LogP contribution in [0.1, 0.15) is 49.9 Å². The van der Waals surface area contributed by atoms with E-state index in [4.69, 9.17) is 0 Å². The molecule has 2 aromatic rings. The molecule has 6 heteroatoms. The maximum absolute atomic E-state index is 3.70. The number of hydrogen-bond donors (Lipinski definition) is 2. The number of aryl methyl sites for hydroxylation is 4. The molecule has 0 aliphatic rings. The van der Waals surface area contributed by atoms with Crippen LogP contribution in [0.25, 0.3) is 0 Å². The summed E-state index contributed by atoms with van der Waals surface area (Å²) in [7, 11) is 2.21. The van der Waals surface area contributed by atoms with Crippen molar-refractivity contribution in [2.24, 2.45) is 0 Å². The van der Waals surface area contributed by atoms with Crippen LogP contribution in [0.2, 0.25) is 0 Å². The Morgan fingerprint density at radius 1 is 0.613 bits per heavy atom. The molecule has 0 fully saturated rings. The standard InChI is InChI=1S/C25H39N3.2ClH.Co/c1-6-20-12-10-13-21(7-2)24(20)26-16-18-28(5)19-17-27-25-22(8-3)14-11-15-23(25)9-4;;;/h10-15,26-27H,6-9,16-19H2,1-5H3;2*1H;/q;;;+2/p-2. The molecule has 0 unspecified atom stereocenters. The van der Waals surface area contributed by atoms with Gasteiger partial charge >= 0.3 is 16.8 Å². The van der Waals surface area contributed by atoms with Crippen LogP contribution in [0.4, 0.5) is 11.4 Å². The van der Waals surface area contributed by atoms with Crippen molar-refractivity contribution in [1.29, 1.82) is 0 Å². The van der Waals surface area contributed by atoms with Gasteiger partial charge in [0.2, 0.25) is 0 Å². The SMILES string of the molecule is CCc1cccc(CC)c1NCCN(C)CCNc1c(CC)cccc1CC.[Cl-].[Cl-].[Co+2]. The third-order valence-corrected chi connectivity index (χ3v) is 5.59. The third kappa shape index (κ3) is 9.63. The second kappa shape index (κ2) is 17.6. The van der Waals surface area contributed by atoms with Gasteiger partial charge in [0.05, 0.1) is 0 Å². The summed E-state index contributed by atoms with van der Waals surface area (Å²) in [4.78, 5) is 2.40. The molecule has 3 nitrogen and oxygen atoms in total. The fourth-order valence-electron chi connectivity index (χ4n) is 3.79. The second-order valence-corrected chi connectivity index (χ2v) is 7.47. The van der Waals surface area contributed by atoms with Crippen LogP contribution >= 0.6 is 0 Å². The quantitative estimate of drug-likeness (QED) is 0.399. The van der Waals surface area contributed by atoms with E-state index < -0.39 is 0 Å². The molecule has 0 bridgehead atoms. The smallest absolute Gasteiger partial charge is 1.00 e. The molecule has 0 amide bonds. The van der Waals surface area contributed by atoms with Gasteiger partial charge < -0.3 is 40.3 Å². The molecular weight excluding hydrogens is 472 g/mol. The van der Waals surface area contributed by atoms with Crippen molar-refractivity contribution >= 4 is 11.4 Å². The number of halogens is 2. The fraction of sp³-hybridized carbons (Fsp3) is 0.520. The number of benzene rings is 2. The molecule has 2 aromatic carbocycles. The normalized spacial score (nSPS) is 10.0. The average Bonchev–Trinajstić information content (AvgIpc) is 2.73. The van der Waals surface area contributed by atoms with Crippen LogP contribution in [0.3, 0.4) is 0 Å². The van der Waals surface area contributed by atoms with Gasteiger partial charge in [-0.2, -0.15) is 0 Å². The number of hydrogen-bond acceptors (Lipinski definition) is 3. The van der Waals surface area contributed by atoms with Crippen molar-refractivity contribution in [2.75, 3.05) is 43.9 Å². The van der Waals surface area contributed by atoms with Crippen LogP contribution < -0.4 is 35.4 Å². The van der Waals surface area contributed by atoms with Crippen molar-refractivity contribution in [2.45, 2.75) is 53.4 Å². The summed E-state index contributed by atoms with van der Waals surface area (Å²) in [6.45, 7) is 13.0. The largest absolute Gasteiger partial charge is 2.00 e. The molecule has 0 aromatic heterocycles. The van der Waals surface area contributed by atoms with E-state index in [1.807, 2.05) is 0 Å². The van der Waals surface area contributed by atoms with Crippen molar-refractivity contribution in [3.63, 3.8) is 0 Å². The van der Waals surface area contributed by atoms with Crippen LogP contribution in [-0.4, -0.2) is 38.1 Å². The summed E-state index contributed by atoms with van der Waals surface area (Å²) in [5.41, 5.74) is 8.39. The summed E-state index contributed by atoms with van der Waals surface area (Å²) in [6, 6.07) is 13.3. The Morgan fingerprint density at radius 2 is 0.903 bits per heavy atom. The van der Waals surface area contributed by atoms with Crippen LogP contribution in [0, 0.1) is 0 Å². The van der Waals surface area contributed by atoms with Gasteiger partial charge in [0.15, 0.2) is 0 Å². The molecule has 177 valence electrons. The van der Waals surface area contributed by atoms with Gasteiger partial charge in [-0.1, -0.05) is 64.1 Å². The maximum atomic E-state index is 3.70. The van der Waals surface area contributed by atoms with E-state index in [1.54, 1.807) is 0 Å². The molecule has 0 saturated heterocycles. The van der Waals surface area contributed by atoms with E-state index in [2.05, 4.69) is 86.7 Å². The summed E-state index contributed by atoms with van der Waals surface area (Å²) >= 11 is 0. The average molecular weight is 511 g/mol. The minimum atomic E-state index is 0. The molecule has 0 atom stereocenters. The Labute approximate surface area is 213 Å². The van der Waals surface area contributed by atoms with E-state index in [0.29, 0.717) is 0 Å². The van der Waals surface area contributed by atoms with E-state index >= 15 is 0 Å². The number of anilines is 2. The Kier molecular flexibility index (Phi) is 18.3. The number of para-hydroxylation sites is 2. The zero-order chi connectivity index (χ0) is 20.4. The van der Waals surface area contributed by atoms with Gasteiger partial charge in [-0.3, -0.25) is 0 Å². The first-order valence-electron chi connectivity index (χ1n) is 11.0. The van der Waals surface area contributed by atoms with Crippen LogP contribution in [0.5, 0.6) is 0 Å². The van der Waals surface area contributed by atoms with Crippen molar-refractivity contribution in [1.82, 2.24) is 4.90 Å². The summed E-state index contributed by atoms with van der Waals surface area (Å²) in [5, 5.41) is 7.39. The predicted octanol–water partition coefficient (Wildman–Crippen LogP) is -0.602. The maximum Gasteiger partial charge on any atom is 2.00 e. The minimum absolute atomic E-state index is 0. The molecule has 0 aliphatic carbocycles. The van der Waals surface area contributed by atoms with Crippen molar-refractivity contribution in [3.05, 3.63) is 58.7 Å². The van der Waals surface area contributed by atoms with Crippen molar-refractivity contribution < 1.29 is 41.6 Å². The van der Waals surface area contributed by atoms with Gasteiger partial charge in [-0.05, 0) is 55.0 Å². The molecule has 2 rings (SSSR count). The number of likely N-dealkylation sites (N-methyl/N-ethyl adjacent to an activating group) is 1. The summed E-state index contributed by atoms with van der Waals surface area (Å²) < 4.78 is 0. The van der Waals surface area contributed by atoms with Crippen molar-refractivity contribution in [3.8, 4) is 0 Å². The predicted molar refractivity (Wildman–Crippen MR) is 125 cm³/mol. The molecule has 0 spiro atoms. The van der Waals surface area contributed by atoms with Gasteiger partial charge in [0, 0.05) is 37.6 Å². The topological polar surface area (TPSA) is 27.3 Å². The van der Waals surface area contributed by atoms with E-state index in [9.17, 15) is 0 Å². The molecule has 2 N–H and O–H groups in total. The molecule has 1 radical (unpaired) electrons. The van der Waals surface area contributed by atoms with E-state index in [-0.39, 0.29) is 41.6 Å². The molecular formula is C25H39Cl2CoN3. The third-order valence-electron chi connectivity index (χ3n) is 5.59. The number of nitrogens with one attached hydrogen (secondary N) is 2. The molecule has 0 aliphatic heterocycles. The molecule has 0 heterocycles. The Morgan fingerprint density at radius 3 is 1.16 bits per heavy atom. The Hall–Kier alpha value is -0.914. The summed E-state index contributed by atoms with van der Waals surface area (Å²) in [5.74, 6) is 0. The first-order valence-corrected chi connectivity index (χ1v) is 11.0. The zero-order valence-corrected chi connectivity index (χ0v) is 22.2. The van der Waals surface area contributed by atoms with Crippen LogP contribution in [-0.2, 0) is 42.5 Å². The fourth-order valence-corrected chi connectivity index (χ4v) is 3.79. The first-order chi connectivity index (χ1) is 13.6. The van der Waals surface area contributed by atoms with Gasteiger partial charge in [0.25, 0.3) is 0 Å². The van der Waals surface area contributed by atoms with Crippen LogP contribution in [0.15, 0.2) is 36.4 Å². The molecule has 31 heavy (non-hydrogen) atoms. The first kappa shape index (κ1) is 32.3. The Balaban J connectivity index is 0. The Bertz CT molecular complexity index is 635. The van der Waals surface area contributed by atoms with E-state index in [1.165, 1.54) is 33.6 Å². The monoisotopic (exact) mass is 510 g/mol.